The second kappa shape index (κ2) is 5.67. The van der Waals surface area contributed by atoms with E-state index in [2.05, 4.69) is 34.8 Å². The number of thioether (sulfide) groups is 1. The first-order valence-corrected chi connectivity index (χ1v) is 7.60. The molecular formula is C13H16N2S2. The average molecular weight is 264 g/mol. The fraction of sp³-hybridized carbons (Fsp3) is 0.308. The van der Waals surface area contributed by atoms with Gasteiger partial charge in [0.15, 0.2) is 0 Å². The van der Waals surface area contributed by atoms with Gasteiger partial charge in [0.2, 0.25) is 0 Å². The molecule has 1 aromatic carbocycles. The zero-order valence-corrected chi connectivity index (χ0v) is 11.6. The van der Waals surface area contributed by atoms with Gasteiger partial charge in [-0.2, -0.15) is 0 Å². The highest BCUT2D eigenvalue weighted by Gasteiger charge is 2.12. The smallest absolute Gasteiger partial charge is 0.0897 e. The van der Waals surface area contributed by atoms with Crippen molar-refractivity contribution in [2.45, 2.75) is 24.3 Å². The quantitative estimate of drug-likeness (QED) is 0.860. The summed E-state index contributed by atoms with van der Waals surface area (Å²) >= 11 is 3.42. The van der Waals surface area contributed by atoms with Gasteiger partial charge in [-0.15, -0.1) is 23.1 Å². The lowest BCUT2D eigenvalue weighted by atomic mass is 10.0. The Kier molecular flexibility index (Phi) is 4.20. The fourth-order valence-electron chi connectivity index (χ4n) is 1.81. The molecule has 1 aromatic heterocycles. The number of benzene rings is 1. The van der Waals surface area contributed by atoms with Gasteiger partial charge < -0.3 is 5.73 Å². The second-order valence-corrected chi connectivity index (χ2v) is 5.82. The monoisotopic (exact) mass is 264 g/mol. The minimum Gasteiger partial charge on any atom is -0.324 e. The number of rotatable bonds is 4. The van der Waals surface area contributed by atoms with E-state index >= 15 is 0 Å². The molecule has 90 valence electrons. The summed E-state index contributed by atoms with van der Waals surface area (Å²) in [7, 11) is 0. The number of hydrogen-bond acceptors (Lipinski definition) is 4. The van der Waals surface area contributed by atoms with Crippen molar-refractivity contribution >= 4 is 23.1 Å². The predicted molar refractivity (Wildman–Crippen MR) is 75.7 cm³/mol. The van der Waals surface area contributed by atoms with Crippen LogP contribution in [0, 0.1) is 6.92 Å². The van der Waals surface area contributed by atoms with Crippen molar-refractivity contribution in [1.82, 2.24) is 4.98 Å². The number of nitrogens with two attached hydrogens (primary N) is 1. The van der Waals surface area contributed by atoms with E-state index < -0.39 is 0 Å². The number of aromatic nitrogens is 1. The van der Waals surface area contributed by atoms with E-state index in [9.17, 15) is 0 Å². The molecule has 2 N–H and O–H groups in total. The number of nitrogens with zero attached hydrogens (tertiary/aromatic N) is 1. The highest BCUT2D eigenvalue weighted by molar-refractivity contribution is 7.98. The summed E-state index contributed by atoms with van der Waals surface area (Å²) in [5, 5.41) is 3.20. The van der Waals surface area contributed by atoms with Crippen molar-refractivity contribution in [2.24, 2.45) is 5.73 Å². The maximum atomic E-state index is 6.26. The zero-order valence-electron chi connectivity index (χ0n) is 10.0. The first kappa shape index (κ1) is 12.6. The summed E-state index contributed by atoms with van der Waals surface area (Å²) in [6.07, 6.45) is 2.89. The van der Waals surface area contributed by atoms with Crippen molar-refractivity contribution in [1.29, 1.82) is 0 Å². The summed E-state index contributed by atoms with van der Waals surface area (Å²) in [5.41, 5.74) is 8.57. The zero-order chi connectivity index (χ0) is 12.3. The van der Waals surface area contributed by atoms with E-state index in [1.165, 1.54) is 10.5 Å². The largest absolute Gasteiger partial charge is 0.324 e. The Morgan fingerprint density at radius 3 is 2.82 bits per heavy atom. The first-order valence-electron chi connectivity index (χ1n) is 5.50. The molecule has 0 amide bonds. The predicted octanol–water partition coefficient (Wildman–Crippen LogP) is 3.42. The van der Waals surface area contributed by atoms with E-state index in [1.54, 1.807) is 23.1 Å². The lowest BCUT2D eigenvalue weighted by Gasteiger charge is -2.14. The second-order valence-electron chi connectivity index (χ2n) is 3.91. The van der Waals surface area contributed by atoms with Gasteiger partial charge in [-0.25, -0.2) is 4.98 Å². The molecule has 0 spiro atoms. The first-order chi connectivity index (χ1) is 8.20. The van der Waals surface area contributed by atoms with E-state index in [-0.39, 0.29) is 6.04 Å². The average Bonchev–Trinajstić information content (AvgIpc) is 2.74. The summed E-state index contributed by atoms with van der Waals surface area (Å²) < 4.78 is 0. The third kappa shape index (κ3) is 3.09. The van der Waals surface area contributed by atoms with Gasteiger partial charge in [0.25, 0.3) is 0 Å². The van der Waals surface area contributed by atoms with Crippen LogP contribution in [0.3, 0.4) is 0 Å². The maximum absolute atomic E-state index is 6.26. The van der Waals surface area contributed by atoms with Crippen molar-refractivity contribution in [3.63, 3.8) is 0 Å². The van der Waals surface area contributed by atoms with Crippen molar-refractivity contribution in [2.75, 3.05) is 6.26 Å². The van der Waals surface area contributed by atoms with E-state index in [4.69, 9.17) is 5.73 Å². The Bertz CT molecular complexity index is 494. The Hall–Kier alpha value is -0.840. The third-order valence-electron chi connectivity index (χ3n) is 2.63. The summed E-state index contributed by atoms with van der Waals surface area (Å²) in [4.78, 5) is 5.72. The number of aryl methyl sites for hydroxylation is 1. The molecule has 0 aliphatic heterocycles. The van der Waals surface area contributed by atoms with Gasteiger partial charge >= 0.3 is 0 Å². The van der Waals surface area contributed by atoms with Crippen LogP contribution in [0.5, 0.6) is 0 Å². The Balaban J connectivity index is 2.16. The summed E-state index contributed by atoms with van der Waals surface area (Å²) in [6.45, 7) is 2.02. The third-order valence-corrected chi connectivity index (χ3v) is 4.27. The molecule has 1 unspecified atom stereocenters. The molecule has 4 heteroatoms. The van der Waals surface area contributed by atoms with Gasteiger partial charge in [0, 0.05) is 22.7 Å². The molecule has 2 rings (SSSR count). The molecule has 0 saturated heterocycles. The maximum Gasteiger partial charge on any atom is 0.0897 e. The van der Waals surface area contributed by atoms with Crippen LogP contribution in [0.1, 0.15) is 22.3 Å². The van der Waals surface area contributed by atoms with Crippen LogP contribution in [-0.2, 0) is 6.42 Å². The normalized spacial score (nSPS) is 12.6. The molecule has 2 nitrogen and oxygen atoms in total. The Labute approximate surface area is 110 Å². The standard InChI is InChI=1S/C13H16N2S2/c1-9-15-10(8-17-9)7-12(14)11-5-3-4-6-13(11)16-2/h3-6,8,12H,7,14H2,1-2H3. The van der Waals surface area contributed by atoms with Crippen LogP contribution in [0.25, 0.3) is 0 Å². The van der Waals surface area contributed by atoms with Crippen LogP contribution in [0.2, 0.25) is 0 Å². The van der Waals surface area contributed by atoms with Crippen LogP contribution < -0.4 is 5.73 Å². The molecule has 1 heterocycles. The number of hydrogen-bond donors (Lipinski definition) is 1. The van der Waals surface area contributed by atoms with Gasteiger partial charge in [0.05, 0.1) is 10.7 Å². The molecular weight excluding hydrogens is 248 g/mol. The molecule has 0 bridgehead atoms. The molecule has 0 saturated carbocycles. The highest BCUT2D eigenvalue weighted by atomic mass is 32.2. The molecule has 17 heavy (non-hydrogen) atoms. The molecule has 0 aliphatic rings. The molecule has 2 aromatic rings. The van der Waals surface area contributed by atoms with Crippen molar-refractivity contribution in [3.05, 3.63) is 45.9 Å². The summed E-state index contributed by atoms with van der Waals surface area (Å²) in [5.74, 6) is 0. The highest BCUT2D eigenvalue weighted by Crippen LogP contribution is 2.26. The lowest BCUT2D eigenvalue weighted by Crippen LogP contribution is -2.14. The van der Waals surface area contributed by atoms with Gasteiger partial charge in [-0.1, -0.05) is 18.2 Å². The number of thiazole rings is 1. The lowest BCUT2D eigenvalue weighted by molar-refractivity contribution is 0.696. The minimum atomic E-state index is 0.0279. The van der Waals surface area contributed by atoms with E-state index in [0.29, 0.717) is 0 Å². The Morgan fingerprint density at radius 1 is 1.41 bits per heavy atom. The van der Waals surface area contributed by atoms with Crippen LogP contribution in [-0.4, -0.2) is 11.2 Å². The molecule has 0 aliphatic carbocycles. The van der Waals surface area contributed by atoms with Crippen LogP contribution >= 0.6 is 23.1 Å². The Morgan fingerprint density at radius 2 is 2.18 bits per heavy atom. The SMILES string of the molecule is CSc1ccccc1C(N)Cc1csc(C)n1. The van der Waals surface area contributed by atoms with Crippen molar-refractivity contribution < 1.29 is 0 Å². The molecule has 0 fully saturated rings. The molecule has 1 atom stereocenters. The van der Waals surface area contributed by atoms with E-state index in [0.717, 1.165) is 17.1 Å². The van der Waals surface area contributed by atoms with E-state index in [1.807, 2.05) is 13.0 Å². The summed E-state index contributed by atoms with van der Waals surface area (Å²) in [6, 6.07) is 8.35. The minimum absolute atomic E-state index is 0.0279. The van der Waals surface area contributed by atoms with Crippen LogP contribution in [0.4, 0.5) is 0 Å². The van der Waals surface area contributed by atoms with Crippen molar-refractivity contribution in [3.8, 4) is 0 Å². The van der Waals surface area contributed by atoms with Gasteiger partial charge in [-0.3, -0.25) is 0 Å². The van der Waals surface area contributed by atoms with Gasteiger partial charge in [0.1, 0.15) is 0 Å². The molecule has 0 radical (unpaired) electrons. The van der Waals surface area contributed by atoms with Crippen LogP contribution in [0.15, 0.2) is 34.5 Å². The fourth-order valence-corrected chi connectivity index (χ4v) is 3.11. The topological polar surface area (TPSA) is 38.9 Å². The van der Waals surface area contributed by atoms with Gasteiger partial charge in [-0.05, 0) is 24.8 Å².